The van der Waals surface area contributed by atoms with Crippen LogP contribution in [0, 0.1) is 11.8 Å². The van der Waals surface area contributed by atoms with Crippen molar-refractivity contribution in [2.75, 3.05) is 7.05 Å². The van der Waals surface area contributed by atoms with Gasteiger partial charge in [0.05, 0.1) is 30.4 Å². The van der Waals surface area contributed by atoms with Crippen molar-refractivity contribution in [3.05, 3.63) is 66.8 Å². The summed E-state index contributed by atoms with van der Waals surface area (Å²) in [5, 5.41) is 20.3. The average molecular weight is 665 g/mol. The molecule has 0 radical (unpaired) electrons. The molecule has 6 atom stereocenters. The van der Waals surface area contributed by atoms with Gasteiger partial charge in [0.15, 0.2) is 0 Å². The lowest BCUT2D eigenvalue weighted by molar-refractivity contribution is -0.135. The Morgan fingerprint density at radius 2 is 1.73 bits per heavy atom. The zero-order chi connectivity index (χ0) is 34.8. The highest BCUT2D eigenvalue weighted by molar-refractivity contribution is 5.92. The average Bonchev–Trinajstić information content (AvgIpc) is 3.67. The number of alkyl carbamates (subject to hydrolysis) is 1. The minimum absolute atomic E-state index is 0.0813. The quantitative estimate of drug-likeness (QED) is 0.193. The number of nitrogens with one attached hydrogen (secondary N) is 4. The van der Waals surface area contributed by atoms with E-state index in [1.165, 1.54) is 6.33 Å². The maximum atomic E-state index is 14.1. The third kappa shape index (κ3) is 10.4. The zero-order valence-corrected chi connectivity index (χ0v) is 28.6. The van der Waals surface area contributed by atoms with Crippen molar-refractivity contribution < 1.29 is 29.0 Å². The molecule has 2 heterocycles. The molecular weight excluding hydrogens is 612 g/mol. The number of carbonyl (C=O) groups is 4. The fourth-order valence-corrected chi connectivity index (χ4v) is 6.72. The molecule has 262 valence electrons. The molecule has 0 unspecified atom stereocenters. The first-order chi connectivity index (χ1) is 22.8. The van der Waals surface area contributed by atoms with Gasteiger partial charge in [-0.25, -0.2) is 9.78 Å². The minimum Gasteiger partial charge on any atom is -0.444 e. The number of carbonyl (C=O) groups excluding carboxylic acids is 4. The van der Waals surface area contributed by atoms with E-state index < -0.39 is 53.7 Å². The number of ether oxygens (including phenoxy) is 1. The van der Waals surface area contributed by atoms with Gasteiger partial charge in [-0.1, -0.05) is 68.5 Å². The first kappa shape index (κ1) is 36.6. The molecule has 5 N–H and O–H groups in total. The number of aliphatic hydroxyl groups excluding tert-OH is 1. The second kappa shape index (κ2) is 16.8. The van der Waals surface area contributed by atoms with E-state index in [9.17, 15) is 24.3 Å². The summed E-state index contributed by atoms with van der Waals surface area (Å²) in [4.78, 5) is 62.7. The summed E-state index contributed by atoms with van der Waals surface area (Å²) in [6.45, 7) is 9.04. The number of H-pyrrole nitrogens is 1. The molecule has 1 aliphatic carbocycles. The van der Waals surface area contributed by atoms with Crippen molar-refractivity contribution in [2.24, 2.45) is 11.8 Å². The van der Waals surface area contributed by atoms with E-state index in [4.69, 9.17) is 4.74 Å². The smallest absolute Gasteiger partial charge is 0.408 e. The van der Waals surface area contributed by atoms with Gasteiger partial charge < -0.3 is 35.7 Å². The van der Waals surface area contributed by atoms with Crippen molar-refractivity contribution in [1.29, 1.82) is 0 Å². The molecule has 12 heteroatoms. The number of benzene rings is 1. The summed E-state index contributed by atoms with van der Waals surface area (Å²) in [6, 6.07) is 6.19. The topological polar surface area (TPSA) is 166 Å². The molecule has 12 nitrogen and oxygen atoms in total. The van der Waals surface area contributed by atoms with E-state index in [0.717, 1.165) is 37.7 Å². The van der Waals surface area contributed by atoms with Gasteiger partial charge in [0.2, 0.25) is 17.7 Å². The van der Waals surface area contributed by atoms with Crippen LogP contribution in [0.2, 0.25) is 0 Å². The van der Waals surface area contributed by atoms with E-state index in [-0.39, 0.29) is 30.7 Å². The van der Waals surface area contributed by atoms with Crippen LogP contribution in [-0.2, 0) is 32.0 Å². The standard InChI is InChI=1S/C36H52N6O6/c1-6-26-20-27(34(46)42(26)5)31(43)28(17-23-13-9-7-10-14-23)39-33(45)30(19-25-21-37-22-38-25)40-32(44)29(18-24-15-11-8-12-16-24)41-35(47)48-36(2,3)4/h6,8,11-12,15-16,21-23,26-31,43H,1,7,9-10,13-14,17-20H2,2-5H3,(H,37,38)(H,39,45)(H,40,44)(H,41,47)/t26-,27-,28-,29-,30-,31-/m0/s1. The predicted molar refractivity (Wildman–Crippen MR) is 182 cm³/mol. The van der Waals surface area contributed by atoms with E-state index in [0.29, 0.717) is 18.5 Å². The van der Waals surface area contributed by atoms with Crippen LogP contribution in [0.15, 0.2) is 55.5 Å². The monoisotopic (exact) mass is 664 g/mol. The van der Waals surface area contributed by atoms with E-state index in [1.807, 2.05) is 30.3 Å². The maximum Gasteiger partial charge on any atom is 0.408 e. The molecule has 2 fully saturated rings. The van der Waals surface area contributed by atoms with Gasteiger partial charge in [-0.3, -0.25) is 14.4 Å². The number of likely N-dealkylation sites (tertiary alicyclic amines) is 1. The number of rotatable bonds is 14. The van der Waals surface area contributed by atoms with Crippen LogP contribution in [0.4, 0.5) is 4.79 Å². The number of amides is 4. The summed E-state index contributed by atoms with van der Waals surface area (Å²) in [7, 11) is 1.70. The molecule has 4 rings (SSSR count). The number of likely N-dealkylation sites (N-methyl/N-ethyl adjacent to an activating group) is 1. The van der Waals surface area contributed by atoms with Crippen LogP contribution in [0.5, 0.6) is 0 Å². The first-order valence-corrected chi connectivity index (χ1v) is 17.0. The van der Waals surface area contributed by atoms with Crippen molar-refractivity contribution in [1.82, 2.24) is 30.8 Å². The Labute approximate surface area is 283 Å². The highest BCUT2D eigenvalue weighted by atomic mass is 16.6. The van der Waals surface area contributed by atoms with Gasteiger partial charge in [0, 0.05) is 31.8 Å². The normalized spacial score (nSPS) is 21.1. The number of hydrogen-bond acceptors (Lipinski definition) is 7. The molecule has 1 aromatic heterocycles. The molecule has 0 bridgehead atoms. The number of imidazole rings is 1. The number of aliphatic hydroxyl groups is 1. The van der Waals surface area contributed by atoms with Crippen molar-refractivity contribution in [2.45, 2.75) is 114 Å². The molecule has 1 saturated heterocycles. The molecule has 4 amide bonds. The number of nitrogens with zero attached hydrogens (tertiary/aromatic N) is 2. The lowest BCUT2D eigenvalue weighted by Gasteiger charge is -2.33. The SMILES string of the molecule is C=C[C@H]1C[C@@H]([C@H](O)[C@H](CC2CCCCC2)NC(=O)[C@H](Cc2cnc[nH]2)NC(=O)[C@H](Cc2ccccc2)NC(=O)OC(C)(C)C)C(=O)N1C. The van der Waals surface area contributed by atoms with Gasteiger partial charge in [-0.15, -0.1) is 6.58 Å². The highest BCUT2D eigenvalue weighted by Gasteiger charge is 2.44. The van der Waals surface area contributed by atoms with E-state index in [2.05, 4.69) is 32.5 Å². The highest BCUT2D eigenvalue weighted by Crippen LogP contribution is 2.33. The second-order valence-corrected chi connectivity index (χ2v) is 14.2. The third-order valence-corrected chi connectivity index (χ3v) is 9.30. The van der Waals surface area contributed by atoms with Crippen LogP contribution in [0.1, 0.15) is 77.0 Å². The van der Waals surface area contributed by atoms with Crippen molar-refractivity contribution in [3.63, 3.8) is 0 Å². The predicted octanol–water partition coefficient (Wildman–Crippen LogP) is 3.42. The van der Waals surface area contributed by atoms with Gasteiger partial charge in [-0.05, 0) is 45.1 Å². The maximum absolute atomic E-state index is 14.1. The Morgan fingerprint density at radius 1 is 1.06 bits per heavy atom. The number of hydrogen-bond donors (Lipinski definition) is 5. The van der Waals surface area contributed by atoms with Gasteiger partial charge in [-0.2, -0.15) is 0 Å². The van der Waals surface area contributed by atoms with Crippen LogP contribution >= 0.6 is 0 Å². The number of aromatic amines is 1. The first-order valence-electron chi connectivity index (χ1n) is 17.0. The summed E-state index contributed by atoms with van der Waals surface area (Å²) in [5.41, 5.74) is 0.639. The number of aromatic nitrogens is 2. The van der Waals surface area contributed by atoms with Crippen LogP contribution in [-0.4, -0.2) is 86.7 Å². The molecular formula is C36H52N6O6. The second-order valence-electron chi connectivity index (χ2n) is 14.2. The lowest BCUT2D eigenvalue weighted by atomic mass is 9.81. The summed E-state index contributed by atoms with van der Waals surface area (Å²) >= 11 is 0. The summed E-state index contributed by atoms with van der Waals surface area (Å²) in [5.74, 6) is -1.67. The van der Waals surface area contributed by atoms with Gasteiger partial charge in [0.25, 0.3) is 0 Å². The summed E-state index contributed by atoms with van der Waals surface area (Å²) in [6.07, 6.45) is 9.33. The molecule has 1 aliphatic heterocycles. The molecule has 0 spiro atoms. The Morgan fingerprint density at radius 3 is 2.33 bits per heavy atom. The molecule has 2 aromatic rings. The molecule has 1 aromatic carbocycles. The van der Waals surface area contributed by atoms with E-state index in [1.54, 1.807) is 45.0 Å². The Kier molecular flexibility index (Phi) is 12.8. The summed E-state index contributed by atoms with van der Waals surface area (Å²) < 4.78 is 5.44. The van der Waals surface area contributed by atoms with Gasteiger partial charge in [0.1, 0.15) is 17.7 Å². The van der Waals surface area contributed by atoms with Crippen LogP contribution in [0.25, 0.3) is 0 Å². The Hall–Kier alpha value is -4.19. The Bertz CT molecular complexity index is 1370. The van der Waals surface area contributed by atoms with Crippen LogP contribution < -0.4 is 16.0 Å². The van der Waals surface area contributed by atoms with Crippen LogP contribution in [0.3, 0.4) is 0 Å². The minimum atomic E-state index is -1.13. The largest absolute Gasteiger partial charge is 0.444 e. The van der Waals surface area contributed by atoms with Gasteiger partial charge >= 0.3 is 6.09 Å². The Balaban J connectivity index is 1.57. The third-order valence-electron chi connectivity index (χ3n) is 9.30. The fourth-order valence-electron chi connectivity index (χ4n) is 6.72. The molecule has 48 heavy (non-hydrogen) atoms. The molecule has 1 saturated carbocycles. The molecule has 2 aliphatic rings. The zero-order valence-electron chi connectivity index (χ0n) is 28.6. The van der Waals surface area contributed by atoms with E-state index >= 15 is 0 Å². The van der Waals surface area contributed by atoms with Crippen molar-refractivity contribution in [3.8, 4) is 0 Å². The lowest BCUT2D eigenvalue weighted by Crippen LogP contribution is -2.58. The fraction of sp³-hybridized carbons (Fsp3) is 0.583. The van der Waals surface area contributed by atoms with Crippen molar-refractivity contribution >= 4 is 23.8 Å².